The van der Waals surface area contributed by atoms with Gasteiger partial charge in [0.15, 0.2) is 12.4 Å². The molecule has 0 amide bonds. The fourth-order valence-corrected chi connectivity index (χ4v) is 2.97. The van der Waals surface area contributed by atoms with E-state index < -0.39 is 24.2 Å². The number of rotatable bonds is 7. The summed E-state index contributed by atoms with van der Waals surface area (Å²) in [5, 5.41) is 4.80. The Labute approximate surface area is 172 Å². The van der Waals surface area contributed by atoms with Crippen LogP contribution in [0.5, 0.6) is 0 Å². The smallest absolute Gasteiger partial charge is 0.331 e. The summed E-state index contributed by atoms with van der Waals surface area (Å²) >= 11 is 6.40. The van der Waals surface area contributed by atoms with Crippen molar-refractivity contribution in [2.75, 3.05) is 6.61 Å². The van der Waals surface area contributed by atoms with Crippen LogP contribution in [0.25, 0.3) is 6.08 Å². The lowest BCUT2D eigenvalue weighted by Crippen LogP contribution is -2.12. The molecule has 1 heterocycles. The number of halogens is 2. The molecule has 1 aromatic heterocycles. The number of ketones is 1. The number of esters is 1. The highest BCUT2D eigenvalue weighted by Crippen LogP contribution is 2.22. The van der Waals surface area contributed by atoms with Crippen LogP contribution in [0.4, 0.5) is 4.39 Å². The Hall–Kier alpha value is -3.25. The molecule has 0 saturated carbocycles. The van der Waals surface area contributed by atoms with Crippen molar-refractivity contribution in [3.05, 3.63) is 94.0 Å². The Kier molecular flexibility index (Phi) is 6.57. The van der Waals surface area contributed by atoms with E-state index >= 15 is 0 Å². The van der Waals surface area contributed by atoms with Gasteiger partial charge in [-0.1, -0.05) is 41.9 Å². The minimum Gasteiger partial charge on any atom is -0.454 e. The topological polar surface area (TPSA) is 61.2 Å². The van der Waals surface area contributed by atoms with E-state index in [0.717, 1.165) is 5.56 Å². The summed E-state index contributed by atoms with van der Waals surface area (Å²) in [5.41, 5.74) is 2.58. The molecule has 3 aromatic rings. The van der Waals surface area contributed by atoms with E-state index in [0.29, 0.717) is 23.0 Å². The summed E-state index contributed by atoms with van der Waals surface area (Å²) in [6, 6.07) is 14.8. The Balaban J connectivity index is 1.61. The van der Waals surface area contributed by atoms with E-state index in [-0.39, 0.29) is 5.56 Å². The van der Waals surface area contributed by atoms with Crippen molar-refractivity contribution in [1.29, 1.82) is 0 Å². The Bertz CT molecular complexity index is 1040. The molecular formula is C22H18ClFN2O3. The lowest BCUT2D eigenvalue weighted by atomic mass is 10.1. The average molecular weight is 413 g/mol. The maximum atomic E-state index is 12.9. The van der Waals surface area contributed by atoms with Crippen LogP contribution < -0.4 is 0 Å². The van der Waals surface area contributed by atoms with Crippen molar-refractivity contribution in [1.82, 2.24) is 9.78 Å². The zero-order chi connectivity index (χ0) is 20.8. The first-order chi connectivity index (χ1) is 13.9. The molecule has 0 aliphatic heterocycles. The molecule has 3 rings (SSSR count). The largest absolute Gasteiger partial charge is 0.454 e. The van der Waals surface area contributed by atoms with Crippen LogP contribution in [0.3, 0.4) is 0 Å². The highest BCUT2D eigenvalue weighted by molar-refractivity contribution is 6.31. The molecule has 0 radical (unpaired) electrons. The average Bonchev–Trinajstić information content (AvgIpc) is 2.98. The normalized spacial score (nSPS) is 11.0. The van der Waals surface area contributed by atoms with Gasteiger partial charge in [-0.15, -0.1) is 0 Å². The van der Waals surface area contributed by atoms with Gasteiger partial charge in [0.1, 0.15) is 11.0 Å². The Morgan fingerprint density at radius 1 is 1.14 bits per heavy atom. The highest BCUT2D eigenvalue weighted by atomic mass is 35.5. The molecule has 2 aromatic carbocycles. The van der Waals surface area contributed by atoms with E-state index in [1.807, 2.05) is 30.3 Å². The molecule has 0 saturated heterocycles. The van der Waals surface area contributed by atoms with Gasteiger partial charge in [-0.05, 0) is 42.8 Å². The summed E-state index contributed by atoms with van der Waals surface area (Å²) in [5.74, 6) is -1.55. The lowest BCUT2D eigenvalue weighted by molar-refractivity contribution is -0.136. The molecule has 0 bridgehead atoms. The first-order valence-electron chi connectivity index (χ1n) is 8.84. The van der Waals surface area contributed by atoms with Crippen LogP contribution >= 0.6 is 11.6 Å². The predicted octanol–water partition coefficient (Wildman–Crippen LogP) is 4.47. The van der Waals surface area contributed by atoms with Gasteiger partial charge in [0.2, 0.25) is 0 Å². The van der Waals surface area contributed by atoms with Crippen molar-refractivity contribution in [2.45, 2.75) is 13.5 Å². The highest BCUT2D eigenvalue weighted by Gasteiger charge is 2.13. The van der Waals surface area contributed by atoms with Gasteiger partial charge in [-0.2, -0.15) is 5.10 Å². The standard InChI is InChI=1S/C22H18ClFN2O3/c1-15-19(22(23)26(25-15)13-16-5-3-2-4-6-16)11-12-21(28)29-14-20(27)17-7-9-18(24)10-8-17/h2-12H,13-14H2,1H3/b12-11+. The number of benzene rings is 2. The van der Waals surface area contributed by atoms with Gasteiger partial charge in [-0.3, -0.25) is 4.79 Å². The van der Waals surface area contributed by atoms with E-state index in [9.17, 15) is 14.0 Å². The zero-order valence-corrected chi connectivity index (χ0v) is 16.4. The predicted molar refractivity (Wildman–Crippen MR) is 108 cm³/mol. The fraction of sp³-hybridized carbons (Fsp3) is 0.136. The number of carbonyl (C=O) groups is 2. The van der Waals surface area contributed by atoms with Crippen LogP contribution in [-0.4, -0.2) is 28.1 Å². The molecule has 0 atom stereocenters. The van der Waals surface area contributed by atoms with Gasteiger partial charge >= 0.3 is 5.97 Å². The van der Waals surface area contributed by atoms with E-state index in [2.05, 4.69) is 5.10 Å². The van der Waals surface area contributed by atoms with Gasteiger partial charge in [0.25, 0.3) is 0 Å². The molecule has 0 N–H and O–H groups in total. The SMILES string of the molecule is Cc1nn(Cc2ccccc2)c(Cl)c1/C=C/C(=O)OCC(=O)c1ccc(F)cc1. The number of Topliss-reactive ketones (excluding diaryl/α,β-unsaturated/α-hetero) is 1. The Morgan fingerprint density at radius 2 is 1.83 bits per heavy atom. The van der Waals surface area contributed by atoms with Gasteiger partial charge < -0.3 is 4.74 Å². The molecular weight excluding hydrogens is 395 g/mol. The van der Waals surface area contributed by atoms with Gasteiger partial charge in [0, 0.05) is 17.2 Å². The molecule has 29 heavy (non-hydrogen) atoms. The number of aromatic nitrogens is 2. The van der Waals surface area contributed by atoms with Crippen LogP contribution in [0.15, 0.2) is 60.7 Å². The Morgan fingerprint density at radius 3 is 2.52 bits per heavy atom. The van der Waals surface area contributed by atoms with Crippen molar-refractivity contribution in [3.8, 4) is 0 Å². The third kappa shape index (κ3) is 5.39. The molecule has 0 unspecified atom stereocenters. The molecule has 0 aliphatic rings. The van der Waals surface area contributed by atoms with Crippen molar-refractivity contribution >= 4 is 29.4 Å². The summed E-state index contributed by atoms with van der Waals surface area (Å²) in [4.78, 5) is 23.9. The third-order valence-electron chi connectivity index (χ3n) is 4.18. The van der Waals surface area contributed by atoms with Crippen molar-refractivity contribution < 1.29 is 18.7 Å². The maximum Gasteiger partial charge on any atom is 0.331 e. The minimum atomic E-state index is -0.688. The number of aryl methyl sites for hydroxylation is 1. The molecule has 7 heteroatoms. The number of carbonyl (C=O) groups excluding carboxylic acids is 2. The minimum absolute atomic E-state index is 0.268. The van der Waals surface area contributed by atoms with Crippen LogP contribution in [-0.2, 0) is 16.1 Å². The quantitative estimate of drug-likeness (QED) is 0.326. The number of hydrogen-bond acceptors (Lipinski definition) is 4. The third-order valence-corrected chi connectivity index (χ3v) is 4.58. The van der Waals surface area contributed by atoms with Crippen LogP contribution in [0, 0.1) is 12.7 Å². The lowest BCUT2D eigenvalue weighted by Gasteiger charge is -2.03. The second-order valence-corrected chi connectivity index (χ2v) is 6.66. The second kappa shape index (κ2) is 9.30. The first-order valence-corrected chi connectivity index (χ1v) is 9.22. The summed E-state index contributed by atoms with van der Waals surface area (Å²) in [7, 11) is 0. The van der Waals surface area contributed by atoms with E-state index in [1.54, 1.807) is 11.6 Å². The van der Waals surface area contributed by atoms with Crippen LogP contribution in [0.2, 0.25) is 5.15 Å². The molecule has 0 fully saturated rings. The first kappa shape index (κ1) is 20.5. The zero-order valence-electron chi connectivity index (χ0n) is 15.6. The van der Waals surface area contributed by atoms with Gasteiger partial charge in [0.05, 0.1) is 12.2 Å². The monoisotopic (exact) mass is 412 g/mol. The number of nitrogens with zero attached hydrogens (tertiary/aromatic N) is 2. The maximum absolute atomic E-state index is 12.9. The molecule has 5 nitrogen and oxygen atoms in total. The van der Waals surface area contributed by atoms with E-state index in [1.165, 1.54) is 36.4 Å². The summed E-state index contributed by atoms with van der Waals surface area (Å²) in [6.45, 7) is 1.86. The number of ether oxygens (including phenoxy) is 1. The van der Waals surface area contributed by atoms with Gasteiger partial charge in [-0.25, -0.2) is 13.9 Å². The number of hydrogen-bond donors (Lipinski definition) is 0. The summed E-state index contributed by atoms with van der Waals surface area (Å²) in [6.07, 6.45) is 2.71. The summed E-state index contributed by atoms with van der Waals surface area (Å²) < 4.78 is 19.5. The van der Waals surface area contributed by atoms with Crippen molar-refractivity contribution in [3.63, 3.8) is 0 Å². The van der Waals surface area contributed by atoms with Crippen LogP contribution in [0.1, 0.15) is 27.2 Å². The molecule has 148 valence electrons. The fourth-order valence-electron chi connectivity index (χ4n) is 2.67. The molecule has 0 spiro atoms. The van der Waals surface area contributed by atoms with Crippen molar-refractivity contribution in [2.24, 2.45) is 0 Å². The van der Waals surface area contributed by atoms with E-state index in [4.69, 9.17) is 16.3 Å². The molecule has 0 aliphatic carbocycles. The second-order valence-electron chi connectivity index (χ2n) is 6.30.